The third kappa shape index (κ3) is 3.26. The minimum atomic E-state index is -4.41. The molecule has 150 valence electrons. The van der Waals surface area contributed by atoms with Crippen LogP contribution in [-0.4, -0.2) is 38.2 Å². The maximum Gasteiger partial charge on any atom is 0.416 e. The molecule has 0 radical (unpaired) electrons. The van der Waals surface area contributed by atoms with Crippen molar-refractivity contribution >= 4 is 16.9 Å². The van der Waals surface area contributed by atoms with E-state index in [1.165, 1.54) is 17.0 Å². The first-order chi connectivity index (χ1) is 13.8. The predicted octanol–water partition coefficient (Wildman–Crippen LogP) is 4.37. The number of aromatic nitrogens is 3. The lowest BCUT2D eigenvalue weighted by molar-refractivity contribution is -0.138. The molecule has 0 aliphatic carbocycles. The fourth-order valence-electron chi connectivity index (χ4n) is 3.55. The van der Waals surface area contributed by atoms with E-state index in [0.29, 0.717) is 28.8 Å². The minimum Gasteiger partial charge on any atom is -0.332 e. The second-order valence-electron chi connectivity index (χ2n) is 6.83. The number of alkyl halides is 3. The highest BCUT2D eigenvalue weighted by molar-refractivity contribution is 5.91. The second kappa shape index (κ2) is 6.98. The van der Waals surface area contributed by atoms with Crippen LogP contribution >= 0.6 is 0 Å². The molecule has 0 spiro atoms. The number of hydrogen-bond donors (Lipinski definition) is 0. The number of nitrogens with zero attached hydrogens (tertiary/aromatic N) is 4. The van der Waals surface area contributed by atoms with Crippen LogP contribution in [-0.2, 0) is 11.0 Å². The van der Waals surface area contributed by atoms with Crippen molar-refractivity contribution in [1.29, 1.82) is 0 Å². The van der Waals surface area contributed by atoms with Crippen LogP contribution in [0.15, 0.2) is 55.0 Å². The van der Waals surface area contributed by atoms with Crippen LogP contribution in [0.5, 0.6) is 0 Å². The number of hydrogen-bond acceptors (Lipinski definition) is 3. The maximum atomic E-state index is 12.8. The lowest BCUT2D eigenvalue weighted by atomic mass is 9.98. The number of rotatable bonds is 3. The van der Waals surface area contributed by atoms with Crippen LogP contribution in [0.3, 0.4) is 0 Å². The molecule has 29 heavy (non-hydrogen) atoms. The van der Waals surface area contributed by atoms with E-state index in [4.69, 9.17) is 0 Å². The number of carbonyl (C=O) groups is 1. The third-order valence-electron chi connectivity index (χ3n) is 5.19. The van der Waals surface area contributed by atoms with Gasteiger partial charge in [0.25, 0.3) is 0 Å². The third-order valence-corrected chi connectivity index (χ3v) is 5.19. The maximum absolute atomic E-state index is 12.8. The normalized spacial score (nSPS) is 19.7. The van der Waals surface area contributed by atoms with Crippen molar-refractivity contribution in [3.63, 3.8) is 0 Å². The van der Waals surface area contributed by atoms with Crippen molar-refractivity contribution in [3.05, 3.63) is 60.6 Å². The zero-order chi connectivity index (χ0) is 20.8. The summed E-state index contributed by atoms with van der Waals surface area (Å²) in [6.45, 7) is 2.16. The molecule has 0 saturated carbocycles. The molecular weight excluding hydrogens is 388 g/mol. The number of halogens is 4. The van der Waals surface area contributed by atoms with Gasteiger partial charge in [0, 0.05) is 29.8 Å². The number of fused-ring (bicyclic) bond motifs is 1. The summed E-state index contributed by atoms with van der Waals surface area (Å²) in [6, 6.07) is 7.93. The summed E-state index contributed by atoms with van der Waals surface area (Å²) in [7, 11) is 0. The Labute approximate surface area is 163 Å². The summed E-state index contributed by atoms with van der Waals surface area (Å²) in [4.78, 5) is 17.8. The highest BCUT2D eigenvalue weighted by Gasteiger charge is 2.41. The number of likely N-dealkylation sites (tertiary alicyclic amines) is 1. The second-order valence-corrected chi connectivity index (χ2v) is 6.83. The topological polar surface area (TPSA) is 51.0 Å². The molecule has 4 rings (SSSR count). The van der Waals surface area contributed by atoms with Crippen LogP contribution < -0.4 is 0 Å². The molecule has 1 amide bonds. The molecule has 1 aromatic carbocycles. The fraction of sp³-hybridized carbons (Fsp3) is 0.250. The van der Waals surface area contributed by atoms with Gasteiger partial charge in [-0.05, 0) is 31.2 Å². The first-order valence-corrected chi connectivity index (χ1v) is 8.89. The average Bonchev–Trinajstić information content (AvgIpc) is 3.06. The molecular formula is C20H16F4N4O. The van der Waals surface area contributed by atoms with Crippen molar-refractivity contribution in [3.8, 4) is 11.3 Å². The lowest BCUT2D eigenvalue weighted by Crippen LogP contribution is -2.57. The van der Waals surface area contributed by atoms with Crippen molar-refractivity contribution in [1.82, 2.24) is 19.7 Å². The Morgan fingerprint density at radius 3 is 2.55 bits per heavy atom. The number of amides is 1. The highest BCUT2D eigenvalue weighted by Crippen LogP contribution is 2.36. The molecule has 1 aliphatic heterocycles. The van der Waals surface area contributed by atoms with Crippen LogP contribution in [0, 0.1) is 0 Å². The monoisotopic (exact) mass is 404 g/mol. The van der Waals surface area contributed by atoms with Crippen LogP contribution in [0.4, 0.5) is 17.6 Å². The van der Waals surface area contributed by atoms with Crippen LogP contribution in [0.1, 0.15) is 18.5 Å². The van der Waals surface area contributed by atoms with Crippen molar-refractivity contribution in [2.75, 3.05) is 6.54 Å². The average molecular weight is 404 g/mol. The van der Waals surface area contributed by atoms with Gasteiger partial charge in [-0.2, -0.15) is 18.3 Å². The minimum absolute atomic E-state index is 0.174. The van der Waals surface area contributed by atoms with Gasteiger partial charge in [-0.25, -0.2) is 14.1 Å². The number of carbonyl (C=O) groups excluding carboxylic acids is 1. The van der Waals surface area contributed by atoms with E-state index in [1.807, 2.05) is 6.92 Å². The number of pyridine rings is 1. The Morgan fingerprint density at radius 2 is 1.93 bits per heavy atom. The van der Waals surface area contributed by atoms with E-state index in [2.05, 4.69) is 10.1 Å². The molecule has 1 aliphatic rings. The molecule has 2 unspecified atom stereocenters. The van der Waals surface area contributed by atoms with E-state index in [0.717, 1.165) is 18.2 Å². The molecule has 9 heteroatoms. The molecule has 0 bridgehead atoms. The fourth-order valence-corrected chi connectivity index (χ4v) is 3.55. The highest BCUT2D eigenvalue weighted by atomic mass is 19.4. The number of benzene rings is 1. The summed E-state index contributed by atoms with van der Waals surface area (Å²) in [5, 5.41) is 5.31. The van der Waals surface area contributed by atoms with Gasteiger partial charge in [0.15, 0.2) is 5.65 Å². The van der Waals surface area contributed by atoms with Gasteiger partial charge in [-0.1, -0.05) is 12.1 Å². The molecule has 2 atom stereocenters. The first kappa shape index (κ1) is 19.1. The summed E-state index contributed by atoms with van der Waals surface area (Å²) in [5.74, 6) is -0.427. The van der Waals surface area contributed by atoms with Gasteiger partial charge in [0.05, 0.1) is 24.0 Å². The van der Waals surface area contributed by atoms with E-state index in [9.17, 15) is 22.4 Å². The largest absolute Gasteiger partial charge is 0.416 e. The van der Waals surface area contributed by atoms with Crippen LogP contribution in [0.2, 0.25) is 0 Å². The van der Waals surface area contributed by atoms with E-state index >= 15 is 0 Å². The van der Waals surface area contributed by atoms with Gasteiger partial charge >= 0.3 is 6.18 Å². The van der Waals surface area contributed by atoms with Crippen LogP contribution in [0.25, 0.3) is 22.3 Å². The SMILES string of the molecule is CC1C(n2nc(-c3ccc(C(F)(F)F)cc3)c3cccnc32)CN1C(=O)C=CF. The Hall–Kier alpha value is -3.23. The smallest absolute Gasteiger partial charge is 0.332 e. The van der Waals surface area contributed by atoms with Gasteiger partial charge in [-0.3, -0.25) is 4.79 Å². The Balaban J connectivity index is 1.71. The van der Waals surface area contributed by atoms with Gasteiger partial charge in [0.2, 0.25) is 5.91 Å². The first-order valence-electron chi connectivity index (χ1n) is 8.89. The lowest BCUT2D eigenvalue weighted by Gasteiger charge is -2.45. The van der Waals surface area contributed by atoms with Crippen molar-refractivity contribution in [2.45, 2.75) is 25.2 Å². The van der Waals surface area contributed by atoms with Crippen molar-refractivity contribution in [2.24, 2.45) is 0 Å². The Kier molecular flexibility index (Phi) is 4.60. The molecule has 2 aromatic heterocycles. The zero-order valence-electron chi connectivity index (χ0n) is 15.3. The molecule has 0 N–H and O–H groups in total. The summed E-state index contributed by atoms with van der Waals surface area (Å²) in [6.07, 6.45) is -1.74. The Bertz CT molecular complexity index is 1090. The molecule has 3 heterocycles. The summed E-state index contributed by atoms with van der Waals surface area (Å²) in [5.41, 5.74) is 0.899. The van der Waals surface area contributed by atoms with E-state index in [-0.39, 0.29) is 18.4 Å². The quantitative estimate of drug-likeness (QED) is 0.481. The van der Waals surface area contributed by atoms with E-state index in [1.54, 1.807) is 23.0 Å². The van der Waals surface area contributed by atoms with Crippen molar-refractivity contribution < 1.29 is 22.4 Å². The van der Waals surface area contributed by atoms with Gasteiger partial charge in [0.1, 0.15) is 5.69 Å². The van der Waals surface area contributed by atoms with E-state index < -0.39 is 17.6 Å². The predicted molar refractivity (Wildman–Crippen MR) is 98.4 cm³/mol. The zero-order valence-corrected chi connectivity index (χ0v) is 15.3. The Morgan fingerprint density at radius 1 is 1.21 bits per heavy atom. The molecule has 1 saturated heterocycles. The molecule has 5 nitrogen and oxygen atoms in total. The van der Waals surface area contributed by atoms with Gasteiger partial charge < -0.3 is 4.90 Å². The summed E-state index contributed by atoms with van der Waals surface area (Å²) < 4.78 is 52.5. The standard InChI is InChI=1S/C20H16F4N4O/c1-12-16(11-27(12)17(29)8-9-21)28-19-15(3-2-10-25-19)18(26-28)13-4-6-14(7-5-13)20(22,23)24/h2-10,12,16H,11H2,1H3. The van der Waals surface area contributed by atoms with Gasteiger partial charge in [-0.15, -0.1) is 0 Å². The molecule has 3 aromatic rings. The molecule has 1 fully saturated rings. The summed E-state index contributed by atoms with van der Waals surface area (Å²) >= 11 is 0.